The van der Waals surface area contributed by atoms with Crippen LogP contribution < -0.4 is 5.73 Å². The highest BCUT2D eigenvalue weighted by Crippen LogP contribution is 2.15. The molecule has 3 rings (SSSR count). The lowest BCUT2D eigenvalue weighted by atomic mass is 10.2. The Kier molecular flexibility index (Phi) is 3.32. The Morgan fingerprint density at radius 3 is 2.95 bits per heavy atom. The molecule has 21 heavy (non-hydrogen) atoms. The second-order valence-corrected chi connectivity index (χ2v) is 4.88. The summed E-state index contributed by atoms with van der Waals surface area (Å²) in [4.78, 5) is 21.4. The van der Waals surface area contributed by atoms with Crippen LogP contribution >= 0.6 is 11.3 Å². The number of aromatic nitrogens is 4. The molecule has 0 fully saturated rings. The number of rotatable bonds is 3. The number of carbonyl (C=O) groups excluding carboxylic acids is 1. The van der Waals surface area contributed by atoms with Gasteiger partial charge in [-0.3, -0.25) is 4.79 Å². The molecular formula is C12H10N6O2S. The van der Waals surface area contributed by atoms with Crippen molar-refractivity contribution in [3.05, 3.63) is 35.3 Å². The molecule has 0 aliphatic heterocycles. The molecule has 0 amide bonds. The van der Waals surface area contributed by atoms with Crippen LogP contribution in [0.2, 0.25) is 0 Å². The van der Waals surface area contributed by atoms with E-state index in [1.807, 2.05) is 6.07 Å². The number of oxime groups is 1. The number of benzene rings is 1. The molecule has 0 aliphatic carbocycles. The van der Waals surface area contributed by atoms with Crippen molar-refractivity contribution in [1.29, 1.82) is 0 Å². The Balaban J connectivity index is 2.08. The van der Waals surface area contributed by atoms with E-state index in [1.54, 1.807) is 23.6 Å². The second kappa shape index (κ2) is 5.29. The van der Waals surface area contributed by atoms with Gasteiger partial charge in [0.25, 0.3) is 0 Å². The van der Waals surface area contributed by atoms with Gasteiger partial charge in [0, 0.05) is 5.38 Å². The first-order valence-corrected chi connectivity index (χ1v) is 6.76. The number of carbonyl (C=O) groups is 1. The first-order chi connectivity index (χ1) is 10.2. The van der Waals surface area contributed by atoms with Gasteiger partial charge in [-0.25, -0.2) is 4.98 Å². The molecule has 0 radical (unpaired) electrons. The van der Waals surface area contributed by atoms with E-state index in [1.165, 1.54) is 18.4 Å². The van der Waals surface area contributed by atoms with Gasteiger partial charge in [-0.15, -0.1) is 16.4 Å². The maximum atomic E-state index is 12.6. The third-order valence-electron chi connectivity index (χ3n) is 2.69. The van der Waals surface area contributed by atoms with Crippen LogP contribution in [0.3, 0.4) is 0 Å². The minimum Gasteiger partial charge on any atom is -0.398 e. The Morgan fingerprint density at radius 2 is 2.24 bits per heavy atom. The van der Waals surface area contributed by atoms with Crippen LogP contribution in [0.25, 0.3) is 11.0 Å². The zero-order valence-corrected chi connectivity index (χ0v) is 11.7. The third kappa shape index (κ3) is 2.34. The number of para-hydroxylation sites is 1. The molecule has 2 N–H and O–H groups in total. The van der Waals surface area contributed by atoms with Crippen molar-refractivity contribution in [3.8, 4) is 0 Å². The van der Waals surface area contributed by atoms with Crippen LogP contribution in [0.15, 0.2) is 34.8 Å². The summed E-state index contributed by atoms with van der Waals surface area (Å²) in [5.74, 6) is -0.490. The van der Waals surface area contributed by atoms with Gasteiger partial charge in [0.1, 0.15) is 18.3 Å². The van der Waals surface area contributed by atoms with Crippen molar-refractivity contribution < 1.29 is 9.63 Å². The van der Waals surface area contributed by atoms with E-state index >= 15 is 0 Å². The average Bonchev–Trinajstić information content (AvgIpc) is 3.10. The summed E-state index contributed by atoms with van der Waals surface area (Å²) in [6.07, 6.45) is 0. The van der Waals surface area contributed by atoms with Gasteiger partial charge in [0.15, 0.2) is 10.8 Å². The summed E-state index contributed by atoms with van der Waals surface area (Å²) < 4.78 is 1.16. The summed E-state index contributed by atoms with van der Waals surface area (Å²) in [5.41, 5.74) is 7.13. The minimum atomic E-state index is -0.490. The number of nitrogens with zero attached hydrogens (tertiary/aromatic N) is 5. The van der Waals surface area contributed by atoms with Crippen LogP contribution in [-0.2, 0) is 4.84 Å². The Morgan fingerprint density at radius 1 is 1.43 bits per heavy atom. The molecule has 0 unspecified atom stereocenters. The molecular weight excluding hydrogens is 292 g/mol. The lowest BCUT2D eigenvalue weighted by Gasteiger charge is -2.02. The molecule has 106 valence electrons. The minimum absolute atomic E-state index is 0.0149. The summed E-state index contributed by atoms with van der Waals surface area (Å²) in [6.45, 7) is 0. The fourth-order valence-corrected chi connectivity index (χ4v) is 2.35. The number of thiazole rings is 1. The van der Waals surface area contributed by atoms with E-state index in [0.717, 1.165) is 4.68 Å². The van der Waals surface area contributed by atoms with E-state index in [0.29, 0.717) is 21.9 Å². The molecule has 1 aromatic carbocycles. The zero-order chi connectivity index (χ0) is 14.8. The van der Waals surface area contributed by atoms with Crippen LogP contribution in [0.1, 0.15) is 10.5 Å². The molecule has 8 nitrogen and oxygen atoms in total. The normalized spacial score (nSPS) is 11.8. The zero-order valence-electron chi connectivity index (χ0n) is 10.9. The van der Waals surface area contributed by atoms with Gasteiger partial charge in [-0.1, -0.05) is 22.5 Å². The van der Waals surface area contributed by atoms with Gasteiger partial charge < -0.3 is 10.6 Å². The number of nitrogen functional groups attached to an aromatic ring is 1. The number of nitrogens with two attached hydrogens (primary N) is 1. The number of fused-ring (bicyclic) bond motifs is 1. The highest BCUT2D eigenvalue weighted by atomic mass is 32.1. The van der Waals surface area contributed by atoms with Crippen molar-refractivity contribution >= 4 is 39.1 Å². The van der Waals surface area contributed by atoms with Gasteiger partial charge >= 0.3 is 5.91 Å². The highest BCUT2D eigenvalue weighted by molar-refractivity contribution is 7.13. The van der Waals surface area contributed by atoms with E-state index in [4.69, 9.17) is 10.6 Å². The number of anilines is 1. The molecule has 0 bridgehead atoms. The fraction of sp³-hybridized carbons (Fsp3) is 0.0833. The van der Waals surface area contributed by atoms with Crippen LogP contribution in [0.4, 0.5) is 5.13 Å². The molecule has 0 atom stereocenters. The lowest BCUT2D eigenvalue weighted by molar-refractivity contribution is 0.0971. The largest absolute Gasteiger partial charge is 0.398 e. The molecule has 3 aromatic rings. The SMILES string of the molecule is CO/N=C(/C(=O)n1nnc2ccccc21)c1csc(N)n1. The van der Waals surface area contributed by atoms with E-state index in [2.05, 4.69) is 20.5 Å². The fourth-order valence-electron chi connectivity index (χ4n) is 1.80. The van der Waals surface area contributed by atoms with Crippen molar-refractivity contribution in [2.24, 2.45) is 5.16 Å². The van der Waals surface area contributed by atoms with Crippen LogP contribution in [0, 0.1) is 0 Å². The maximum Gasteiger partial charge on any atom is 0.304 e. The summed E-state index contributed by atoms with van der Waals surface area (Å²) in [5, 5.41) is 13.5. The molecule has 0 saturated carbocycles. The molecule has 2 heterocycles. The van der Waals surface area contributed by atoms with Gasteiger partial charge in [0.05, 0.1) is 5.52 Å². The maximum absolute atomic E-state index is 12.6. The van der Waals surface area contributed by atoms with Crippen molar-refractivity contribution in [3.63, 3.8) is 0 Å². The van der Waals surface area contributed by atoms with Crippen LogP contribution in [-0.4, -0.2) is 38.7 Å². The summed E-state index contributed by atoms with van der Waals surface area (Å²) in [7, 11) is 1.35. The first-order valence-electron chi connectivity index (χ1n) is 5.88. The predicted molar refractivity (Wildman–Crippen MR) is 78.2 cm³/mol. The number of hydrogen-bond acceptors (Lipinski definition) is 8. The Hall–Kier alpha value is -2.81. The monoisotopic (exact) mass is 302 g/mol. The summed E-state index contributed by atoms with van der Waals surface area (Å²) >= 11 is 1.21. The average molecular weight is 302 g/mol. The predicted octanol–water partition coefficient (Wildman–Crippen LogP) is 1.16. The Bertz CT molecular complexity index is 837. The van der Waals surface area contributed by atoms with Crippen molar-refractivity contribution in [2.45, 2.75) is 0 Å². The van der Waals surface area contributed by atoms with Crippen molar-refractivity contribution in [2.75, 3.05) is 12.8 Å². The standard InChI is InChI=1S/C12H10N6O2S/c1-20-16-10(8-6-21-12(13)14-8)11(19)18-9-5-3-2-4-7(9)15-17-18/h2-6H,1H3,(H2,13,14)/b16-10+. The molecule has 2 aromatic heterocycles. The third-order valence-corrected chi connectivity index (χ3v) is 3.37. The molecule has 9 heteroatoms. The lowest BCUT2D eigenvalue weighted by Crippen LogP contribution is -2.24. The quantitative estimate of drug-likeness (QED) is 0.574. The van der Waals surface area contributed by atoms with E-state index in [-0.39, 0.29) is 5.71 Å². The van der Waals surface area contributed by atoms with E-state index < -0.39 is 5.91 Å². The molecule has 0 saturated heterocycles. The van der Waals surface area contributed by atoms with Gasteiger partial charge in [0.2, 0.25) is 0 Å². The number of hydrogen-bond donors (Lipinski definition) is 1. The van der Waals surface area contributed by atoms with E-state index in [9.17, 15) is 4.79 Å². The van der Waals surface area contributed by atoms with Gasteiger partial charge in [-0.2, -0.15) is 4.68 Å². The van der Waals surface area contributed by atoms with Crippen molar-refractivity contribution in [1.82, 2.24) is 20.0 Å². The second-order valence-electron chi connectivity index (χ2n) is 3.99. The molecule has 0 aliphatic rings. The van der Waals surface area contributed by atoms with Gasteiger partial charge in [-0.05, 0) is 12.1 Å². The Labute approximate surface area is 122 Å². The highest BCUT2D eigenvalue weighted by Gasteiger charge is 2.22. The smallest absolute Gasteiger partial charge is 0.304 e. The summed E-state index contributed by atoms with van der Waals surface area (Å²) in [6, 6.07) is 7.12. The topological polar surface area (TPSA) is 108 Å². The van der Waals surface area contributed by atoms with Crippen LogP contribution in [0.5, 0.6) is 0 Å². The first kappa shape index (κ1) is 13.2. The molecule has 0 spiro atoms.